The number of nitrogens with one attached hydrogen (secondary N) is 1. The van der Waals surface area contributed by atoms with Crippen LogP contribution in [0.4, 0.5) is 5.69 Å². The van der Waals surface area contributed by atoms with Crippen LogP contribution in [0.3, 0.4) is 0 Å². The highest BCUT2D eigenvalue weighted by Crippen LogP contribution is 2.25. The van der Waals surface area contributed by atoms with E-state index in [2.05, 4.69) is 29.4 Å². The Bertz CT molecular complexity index is 1520. The highest BCUT2D eigenvalue weighted by Gasteiger charge is 2.19. The van der Waals surface area contributed by atoms with Crippen molar-refractivity contribution in [3.8, 4) is 0 Å². The minimum Gasteiger partial charge on any atom is -0.325 e. The van der Waals surface area contributed by atoms with Gasteiger partial charge in [-0.1, -0.05) is 68.1 Å². The summed E-state index contributed by atoms with van der Waals surface area (Å²) in [7, 11) is 0. The van der Waals surface area contributed by atoms with E-state index in [9.17, 15) is 9.59 Å². The van der Waals surface area contributed by atoms with Gasteiger partial charge in [0.05, 0.1) is 17.8 Å². The highest BCUT2D eigenvalue weighted by molar-refractivity contribution is 7.99. The molecule has 9 heteroatoms. The molecule has 0 aliphatic rings. The topological polar surface area (TPSA) is 81.3 Å². The van der Waals surface area contributed by atoms with Gasteiger partial charge in [0.1, 0.15) is 4.70 Å². The quantitative estimate of drug-likeness (QED) is 0.325. The summed E-state index contributed by atoms with van der Waals surface area (Å²) in [6, 6.07) is 19.6. The standard InChI is InChI=1S/C25H23N5O2S2/c1-16(2)18-8-10-19(11-9-18)26-21(31)15-34-25-28-27-24-29(14-17-6-4-3-5-7-17)23(32)22-20(30(24)25)12-13-33-22/h3-13,16H,14-15H2,1-2H3,(H,26,31). The third-order valence-electron chi connectivity index (χ3n) is 5.56. The first kappa shape index (κ1) is 22.4. The Morgan fingerprint density at radius 3 is 2.56 bits per heavy atom. The van der Waals surface area contributed by atoms with Crippen molar-refractivity contribution in [1.82, 2.24) is 19.2 Å². The molecule has 0 radical (unpaired) electrons. The van der Waals surface area contributed by atoms with E-state index < -0.39 is 0 Å². The van der Waals surface area contributed by atoms with Gasteiger partial charge in [-0.25, -0.2) is 0 Å². The fourth-order valence-corrected chi connectivity index (χ4v) is 5.34. The largest absolute Gasteiger partial charge is 0.325 e. The smallest absolute Gasteiger partial charge is 0.273 e. The maximum Gasteiger partial charge on any atom is 0.273 e. The first-order valence-electron chi connectivity index (χ1n) is 10.9. The average molecular weight is 490 g/mol. The Balaban J connectivity index is 1.41. The zero-order valence-electron chi connectivity index (χ0n) is 18.8. The molecule has 0 aliphatic heterocycles. The van der Waals surface area contributed by atoms with Crippen molar-refractivity contribution in [2.45, 2.75) is 31.5 Å². The zero-order chi connectivity index (χ0) is 23.7. The number of fused-ring (bicyclic) bond motifs is 3. The van der Waals surface area contributed by atoms with E-state index in [1.54, 1.807) is 4.57 Å². The molecule has 3 heterocycles. The second-order valence-corrected chi connectivity index (χ2v) is 10.1. The van der Waals surface area contributed by atoms with Gasteiger partial charge in [-0.2, -0.15) is 0 Å². The molecular formula is C25H23N5O2S2. The number of hydrogen-bond donors (Lipinski definition) is 1. The fourth-order valence-electron chi connectivity index (χ4n) is 3.78. The highest BCUT2D eigenvalue weighted by atomic mass is 32.2. The molecule has 0 spiro atoms. The third-order valence-corrected chi connectivity index (χ3v) is 7.38. The van der Waals surface area contributed by atoms with Crippen LogP contribution in [0, 0.1) is 0 Å². The van der Waals surface area contributed by atoms with Gasteiger partial charge in [0, 0.05) is 5.69 Å². The lowest BCUT2D eigenvalue weighted by molar-refractivity contribution is -0.113. The molecule has 0 atom stereocenters. The summed E-state index contributed by atoms with van der Waals surface area (Å²) in [6.45, 7) is 4.67. The second-order valence-electron chi connectivity index (χ2n) is 8.24. The van der Waals surface area contributed by atoms with Crippen LogP contribution in [-0.2, 0) is 11.3 Å². The summed E-state index contributed by atoms with van der Waals surface area (Å²) in [5.41, 5.74) is 3.66. The summed E-state index contributed by atoms with van der Waals surface area (Å²) in [4.78, 5) is 25.8. The zero-order valence-corrected chi connectivity index (χ0v) is 20.4. The number of rotatable bonds is 7. The summed E-state index contributed by atoms with van der Waals surface area (Å²) in [6.07, 6.45) is 0. The van der Waals surface area contributed by atoms with Crippen LogP contribution < -0.4 is 10.9 Å². The van der Waals surface area contributed by atoms with Gasteiger partial charge in [0.25, 0.3) is 5.56 Å². The molecule has 0 fully saturated rings. The van der Waals surface area contributed by atoms with Crippen LogP contribution in [0.15, 0.2) is 76.0 Å². The van der Waals surface area contributed by atoms with E-state index in [1.165, 1.54) is 28.7 Å². The van der Waals surface area contributed by atoms with E-state index in [0.717, 1.165) is 16.8 Å². The van der Waals surface area contributed by atoms with E-state index in [0.29, 0.717) is 28.1 Å². The molecule has 34 heavy (non-hydrogen) atoms. The number of anilines is 1. The normalized spacial score (nSPS) is 11.5. The number of carbonyl (C=O) groups excluding carboxylic acids is 1. The summed E-state index contributed by atoms with van der Waals surface area (Å²) in [5, 5.41) is 14.0. The summed E-state index contributed by atoms with van der Waals surface area (Å²) < 4.78 is 4.15. The molecule has 5 rings (SSSR count). The number of hydrogen-bond acceptors (Lipinski definition) is 6. The van der Waals surface area contributed by atoms with Gasteiger partial charge in [0.2, 0.25) is 11.7 Å². The first-order chi connectivity index (χ1) is 16.5. The molecule has 7 nitrogen and oxygen atoms in total. The van der Waals surface area contributed by atoms with Crippen molar-refractivity contribution in [2.24, 2.45) is 0 Å². The van der Waals surface area contributed by atoms with E-state index in [-0.39, 0.29) is 17.2 Å². The van der Waals surface area contributed by atoms with Gasteiger partial charge >= 0.3 is 0 Å². The van der Waals surface area contributed by atoms with Gasteiger partial charge in [-0.3, -0.25) is 18.6 Å². The van der Waals surface area contributed by atoms with Crippen molar-refractivity contribution in [3.63, 3.8) is 0 Å². The van der Waals surface area contributed by atoms with Gasteiger partial charge in [0.15, 0.2) is 5.16 Å². The molecule has 3 aromatic heterocycles. The maximum absolute atomic E-state index is 13.2. The molecule has 1 N–H and O–H groups in total. The summed E-state index contributed by atoms with van der Waals surface area (Å²) >= 11 is 2.69. The van der Waals surface area contributed by atoms with Gasteiger partial charge in [-0.05, 0) is 40.6 Å². The number of thiophene rings is 1. The Morgan fingerprint density at radius 2 is 1.82 bits per heavy atom. The molecule has 172 valence electrons. The van der Waals surface area contributed by atoms with Crippen molar-refractivity contribution in [2.75, 3.05) is 11.1 Å². The monoisotopic (exact) mass is 489 g/mol. The average Bonchev–Trinajstić information content (AvgIpc) is 3.49. The van der Waals surface area contributed by atoms with Gasteiger partial charge in [-0.15, -0.1) is 21.5 Å². The molecular weight excluding hydrogens is 466 g/mol. The molecule has 0 saturated carbocycles. The van der Waals surface area contributed by atoms with E-state index in [4.69, 9.17) is 0 Å². The number of benzene rings is 2. The van der Waals surface area contributed by atoms with Crippen LogP contribution in [0.1, 0.15) is 30.9 Å². The van der Waals surface area contributed by atoms with Crippen molar-refractivity contribution < 1.29 is 4.79 Å². The summed E-state index contributed by atoms with van der Waals surface area (Å²) in [5.74, 6) is 0.954. The Hall–Kier alpha value is -3.43. The molecule has 0 saturated heterocycles. The molecule has 1 amide bonds. The predicted molar refractivity (Wildman–Crippen MR) is 138 cm³/mol. The van der Waals surface area contributed by atoms with Crippen LogP contribution in [-0.4, -0.2) is 30.8 Å². The van der Waals surface area contributed by atoms with Crippen LogP contribution >= 0.6 is 23.1 Å². The lowest BCUT2D eigenvalue weighted by Gasteiger charge is -2.10. The maximum atomic E-state index is 13.2. The molecule has 2 aromatic carbocycles. The SMILES string of the molecule is CC(C)c1ccc(NC(=O)CSc2nnc3n(Cc4ccccc4)c(=O)c4sccc4n23)cc1. The third kappa shape index (κ3) is 4.36. The van der Waals surface area contributed by atoms with Crippen LogP contribution in [0.5, 0.6) is 0 Å². The van der Waals surface area contributed by atoms with Crippen LogP contribution in [0.25, 0.3) is 16.0 Å². The minimum atomic E-state index is -0.127. The van der Waals surface area contributed by atoms with Crippen LogP contribution in [0.2, 0.25) is 0 Å². The number of amides is 1. The molecule has 5 aromatic rings. The van der Waals surface area contributed by atoms with E-state index in [1.807, 2.05) is 70.4 Å². The van der Waals surface area contributed by atoms with E-state index >= 15 is 0 Å². The van der Waals surface area contributed by atoms with Crippen molar-refractivity contribution in [3.05, 3.63) is 87.5 Å². The predicted octanol–water partition coefficient (Wildman–Crippen LogP) is 5.01. The molecule has 0 unspecified atom stereocenters. The molecule has 0 aliphatic carbocycles. The number of thioether (sulfide) groups is 1. The number of carbonyl (C=O) groups is 1. The lowest BCUT2D eigenvalue weighted by atomic mass is 10.0. The number of nitrogens with zero attached hydrogens (tertiary/aromatic N) is 4. The Labute approximate surface area is 204 Å². The number of aromatic nitrogens is 4. The van der Waals surface area contributed by atoms with Crippen molar-refractivity contribution in [1.29, 1.82) is 0 Å². The van der Waals surface area contributed by atoms with Gasteiger partial charge < -0.3 is 5.32 Å². The Morgan fingerprint density at radius 1 is 1.06 bits per heavy atom. The fraction of sp³-hybridized carbons (Fsp3) is 0.200. The van der Waals surface area contributed by atoms with Crippen molar-refractivity contribution >= 4 is 50.7 Å². The first-order valence-corrected chi connectivity index (χ1v) is 12.8. The minimum absolute atomic E-state index is 0.0899. The Kier molecular flexibility index (Phi) is 6.21. The molecule has 0 bridgehead atoms. The second kappa shape index (κ2) is 9.44. The lowest BCUT2D eigenvalue weighted by Crippen LogP contribution is -2.23.